The van der Waals surface area contributed by atoms with Crippen molar-refractivity contribution in [2.45, 2.75) is 13.3 Å². The van der Waals surface area contributed by atoms with E-state index in [2.05, 4.69) is 59.5 Å². The molecule has 200 valence electrons. The molecular formula is C30H21FN8OS. The van der Waals surface area contributed by atoms with Gasteiger partial charge < -0.3 is 10.3 Å². The van der Waals surface area contributed by atoms with E-state index < -0.39 is 5.82 Å². The second-order valence-corrected chi connectivity index (χ2v) is 10.8. The fourth-order valence-corrected chi connectivity index (χ4v) is 5.68. The van der Waals surface area contributed by atoms with Gasteiger partial charge in [-0.05, 0) is 36.8 Å². The summed E-state index contributed by atoms with van der Waals surface area (Å²) in [7, 11) is 0. The number of nitrogens with one attached hydrogen (secondary N) is 3. The molecule has 0 aliphatic heterocycles. The van der Waals surface area contributed by atoms with Gasteiger partial charge in [0.15, 0.2) is 17.1 Å². The topological polar surface area (TPSA) is 125 Å². The van der Waals surface area contributed by atoms with Crippen molar-refractivity contribution in [2.24, 2.45) is 0 Å². The van der Waals surface area contributed by atoms with E-state index in [9.17, 15) is 4.79 Å². The third-order valence-electron chi connectivity index (χ3n) is 6.69. The van der Waals surface area contributed by atoms with Crippen molar-refractivity contribution < 1.29 is 9.18 Å². The predicted octanol–water partition coefficient (Wildman–Crippen LogP) is 6.32. The van der Waals surface area contributed by atoms with Gasteiger partial charge in [0.2, 0.25) is 5.91 Å². The molecule has 0 aliphatic rings. The number of halogens is 1. The monoisotopic (exact) mass is 560 g/mol. The first kappa shape index (κ1) is 24.7. The van der Waals surface area contributed by atoms with Gasteiger partial charge in [0.05, 0.1) is 29.2 Å². The molecule has 0 radical (unpaired) electrons. The Balaban J connectivity index is 1.24. The molecule has 1 amide bonds. The summed E-state index contributed by atoms with van der Waals surface area (Å²) in [6.07, 6.45) is 6.38. The zero-order valence-electron chi connectivity index (χ0n) is 21.6. The van der Waals surface area contributed by atoms with E-state index in [0.29, 0.717) is 28.4 Å². The number of amides is 1. The van der Waals surface area contributed by atoms with Crippen LogP contribution in [0, 0.1) is 12.7 Å². The fraction of sp³-hybridized carbons (Fsp3) is 0.0667. The summed E-state index contributed by atoms with van der Waals surface area (Å²) in [5.74, 6) is -0.332. The largest absolute Gasteiger partial charge is 0.335 e. The Kier molecular flexibility index (Phi) is 6.05. The van der Waals surface area contributed by atoms with Crippen LogP contribution in [0.25, 0.3) is 55.3 Å². The normalized spacial score (nSPS) is 11.4. The number of fused-ring (bicyclic) bond motifs is 2. The molecule has 0 fully saturated rings. The maximum Gasteiger partial charge on any atom is 0.228 e. The van der Waals surface area contributed by atoms with Gasteiger partial charge in [-0.2, -0.15) is 5.10 Å². The Hall–Kier alpha value is -5.29. The van der Waals surface area contributed by atoms with Crippen molar-refractivity contribution >= 4 is 45.1 Å². The lowest BCUT2D eigenvalue weighted by molar-refractivity contribution is -0.115. The van der Waals surface area contributed by atoms with Crippen LogP contribution in [0.2, 0.25) is 0 Å². The van der Waals surface area contributed by atoms with Crippen LogP contribution >= 0.6 is 11.3 Å². The van der Waals surface area contributed by atoms with Crippen LogP contribution in [0.3, 0.4) is 0 Å². The molecule has 7 rings (SSSR count). The van der Waals surface area contributed by atoms with Crippen LogP contribution in [0.1, 0.15) is 10.4 Å². The Morgan fingerprint density at radius 1 is 1.00 bits per heavy atom. The molecule has 0 saturated carbocycles. The van der Waals surface area contributed by atoms with Gasteiger partial charge in [-0.15, -0.1) is 11.3 Å². The highest BCUT2D eigenvalue weighted by Gasteiger charge is 2.21. The number of hydrogen-bond donors (Lipinski definition) is 3. The number of imidazole rings is 1. The van der Waals surface area contributed by atoms with E-state index in [1.807, 2.05) is 36.4 Å². The minimum absolute atomic E-state index is 0.189. The Bertz CT molecular complexity index is 2060. The summed E-state index contributed by atoms with van der Waals surface area (Å²) in [4.78, 5) is 35.8. The molecule has 0 bridgehead atoms. The van der Waals surface area contributed by atoms with E-state index in [-0.39, 0.29) is 28.9 Å². The van der Waals surface area contributed by atoms with Gasteiger partial charge >= 0.3 is 0 Å². The van der Waals surface area contributed by atoms with Crippen molar-refractivity contribution in [3.63, 3.8) is 0 Å². The first-order valence-electron chi connectivity index (χ1n) is 12.8. The molecule has 0 atom stereocenters. The van der Waals surface area contributed by atoms with E-state index >= 15 is 4.39 Å². The molecule has 0 aliphatic carbocycles. The first-order valence-corrected chi connectivity index (χ1v) is 13.6. The van der Waals surface area contributed by atoms with Crippen LogP contribution < -0.4 is 5.32 Å². The predicted molar refractivity (Wildman–Crippen MR) is 157 cm³/mol. The number of benzene rings is 1. The molecule has 6 heterocycles. The number of anilines is 1. The van der Waals surface area contributed by atoms with Crippen LogP contribution in [0.15, 0.2) is 79.4 Å². The molecule has 0 unspecified atom stereocenters. The van der Waals surface area contributed by atoms with Crippen molar-refractivity contribution in [1.29, 1.82) is 0 Å². The second-order valence-electron chi connectivity index (χ2n) is 9.51. The molecule has 9 nitrogen and oxygen atoms in total. The molecule has 7 aromatic rings. The number of aryl methyl sites for hydroxylation is 1. The third-order valence-corrected chi connectivity index (χ3v) is 7.73. The standard InChI is InChI=1S/C30H21FN8OS/c1-16-7-8-22(41-16)20-9-10-33-29-26(20)36-30(37-29)27-24-25(31)21(15-34-28(24)39-38-27)18-12-19(14-32-13-18)35-23(40)11-17-5-3-2-4-6-17/h2-10,12-15H,11H2,1H3,(H,35,40)(H,33,36,37)(H,34,38,39). The highest BCUT2D eigenvalue weighted by Crippen LogP contribution is 2.36. The maximum atomic E-state index is 16.1. The lowest BCUT2D eigenvalue weighted by atomic mass is 10.1. The molecule has 41 heavy (non-hydrogen) atoms. The van der Waals surface area contributed by atoms with Gasteiger partial charge in [0.25, 0.3) is 0 Å². The van der Waals surface area contributed by atoms with E-state index in [1.165, 1.54) is 23.5 Å². The van der Waals surface area contributed by atoms with Crippen molar-refractivity contribution in [3.05, 3.63) is 95.6 Å². The number of aromatic amines is 2. The summed E-state index contributed by atoms with van der Waals surface area (Å²) in [5.41, 5.74) is 4.82. The van der Waals surface area contributed by atoms with Crippen molar-refractivity contribution in [1.82, 2.24) is 35.1 Å². The molecule has 0 spiro atoms. The number of thiophene rings is 1. The van der Waals surface area contributed by atoms with Crippen LogP contribution in [0.5, 0.6) is 0 Å². The second kappa shape index (κ2) is 10.0. The lowest BCUT2D eigenvalue weighted by Crippen LogP contribution is -2.14. The SMILES string of the molecule is Cc1ccc(-c2ccnc3nc(-c4[nH]nc5ncc(-c6cncc(NC(=O)Cc7ccccc7)c6)c(F)c45)[nH]c23)s1. The summed E-state index contributed by atoms with van der Waals surface area (Å²) in [5, 5.41) is 10.1. The number of H-pyrrole nitrogens is 2. The number of carbonyl (C=O) groups excluding carboxylic acids is 1. The zero-order chi connectivity index (χ0) is 27.9. The molecule has 6 aromatic heterocycles. The lowest BCUT2D eigenvalue weighted by Gasteiger charge is -2.08. The molecule has 0 saturated heterocycles. The van der Waals surface area contributed by atoms with Crippen LogP contribution in [-0.2, 0) is 11.2 Å². The minimum atomic E-state index is -0.532. The zero-order valence-corrected chi connectivity index (χ0v) is 22.5. The Morgan fingerprint density at radius 2 is 1.88 bits per heavy atom. The Labute approximate surface area is 236 Å². The first-order chi connectivity index (χ1) is 20.0. The van der Waals surface area contributed by atoms with E-state index in [4.69, 9.17) is 0 Å². The summed E-state index contributed by atoms with van der Waals surface area (Å²) in [6.45, 7) is 2.05. The quantitative estimate of drug-likeness (QED) is 0.219. The third kappa shape index (κ3) is 4.61. The highest BCUT2D eigenvalue weighted by atomic mass is 32.1. The van der Waals surface area contributed by atoms with Gasteiger partial charge in [-0.3, -0.25) is 14.9 Å². The number of rotatable bonds is 6. The molecular weight excluding hydrogens is 539 g/mol. The molecule has 11 heteroatoms. The Morgan fingerprint density at radius 3 is 2.71 bits per heavy atom. The number of aromatic nitrogens is 7. The molecule has 3 N–H and O–H groups in total. The van der Waals surface area contributed by atoms with Gasteiger partial charge in [0.1, 0.15) is 11.5 Å². The smallest absolute Gasteiger partial charge is 0.228 e. The fourth-order valence-electron chi connectivity index (χ4n) is 4.78. The minimum Gasteiger partial charge on any atom is -0.335 e. The summed E-state index contributed by atoms with van der Waals surface area (Å²) >= 11 is 1.67. The van der Waals surface area contributed by atoms with Gasteiger partial charge in [-0.25, -0.2) is 19.3 Å². The average molecular weight is 561 g/mol. The van der Waals surface area contributed by atoms with Crippen LogP contribution in [-0.4, -0.2) is 41.0 Å². The summed E-state index contributed by atoms with van der Waals surface area (Å²) in [6, 6.07) is 17.1. The van der Waals surface area contributed by atoms with Crippen LogP contribution in [0.4, 0.5) is 10.1 Å². The van der Waals surface area contributed by atoms with Gasteiger partial charge in [0, 0.05) is 45.0 Å². The maximum absolute atomic E-state index is 16.1. The molecule has 1 aromatic carbocycles. The van der Waals surface area contributed by atoms with Gasteiger partial charge in [-0.1, -0.05) is 30.3 Å². The van der Waals surface area contributed by atoms with Crippen molar-refractivity contribution in [3.8, 4) is 33.1 Å². The van der Waals surface area contributed by atoms with Crippen molar-refractivity contribution in [2.75, 3.05) is 5.32 Å². The highest BCUT2D eigenvalue weighted by molar-refractivity contribution is 7.15. The van der Waals surface area contributed by atoms with E-state index in [1.54, 1.807) is 23.6 Å². The number of carbonyl (C=O) groups is 1. The number of nitrogens with zero attached hydrogens (tertiary/aromatic N) is 5. The number of pyridine rings is 3. The average Bonchev–Trinajstić information content (AvgIpc) is 3.72. The summed E-state index contributed by atoms with van der Waals surface area (Å²) < 4.78 is 16.1. The van der Waals surface area contributed by atoms with E-state index in [0.717, 1.165) is 21.5 Å². The number of hydrogen-bond acceptors (Lipinski definition) is 7.